The molecule has 1 N–H and O–H groups in total. The van der Waals surface area contributed by atoms with Crippen molar-refractivity contribution in [2.24, 2.45) is 5.92 Å². The highest BCUT2D eigenvalue weighted by molar-refractivity contribution is 7.16. The Balaban J connectivity index is 1.73. The van der Waals surface area contributed by atoms with Gasteiger partial charge in [0.15, 0.2) is 5.69 Å². The van der Waals surface area contributed by atoms with E-state index in [4.69, 9.17) is 4.74 Å². The number of rotatable bonds is 7. The van der Waals surface area contributed by atoms with E-state index >= 15 is 0 Å². The van der Waals surface area contributed by atoms with Crippen molar-refractivity contribution in [3.8, 4) is 5.69 Å². The molecule has 35 heavy (non-hydrogen) atoms. The van der Waals surface area contributed by atoms with Gasteiger partial charge in [0.1, 0.15) is 5.00 Å². The van der Waals surface area contributed by atoms with Gasteiger partial charge in [0, 0.05) is 17.2 Å². The second-order valence-electron chi connectivity index (χ2n) is 8.42. The van der Waals surface area contributed by atoms with Crippen LogP contribution in [0.1, 0.15) is 61.5 Å². The van der Waals surface area contributed by atoms with Crippen molar-refractivity contribution in [2.45, 2.75) is 51.6 Å². The van der Waals surface area contributed by atoms with E-state index in [1.54, 1.807) is 12.3 Å². The van der Waals surface area contributed by atoms with Gasteiger partial charge in [-0.2, -0.15) is 23.0 Å². The van der Waals surface area contributed by atoms with E-state index in [1.165, 1.54) is 12.8 Å². The van der Waals surface area contributed by atoms with Crippen LogP contribution in [0.3, 0.4) is 0 Å². The summed E-state index contributed by atoms with van der Waals surface area (Å²) in [5.74, 6) is -0.497. The monoisotopic (exact) mass is 507 g/mol. The van der Waals surface area contributed by atoms with Crippen molar-refractivity contribution in [3.05, 3.63) is 51.3 Å². The zero-order valence-corrected chi connectivity index (χ0v) is 19.8. The van der Waals surface area contributed by atoms with Crippen LogP contribution in [0, 0.1) is 5.92 Å². The van der Waals surface area contributed by atoms with Crippen LogP contribution >= 0.6 is 11.3 Å². The van der Waals surface area contributed by atoms with Crippen LogP contribution in [0.5, 0.6) is 0 Å². The number of nitrogens with one attached hydrogen (secondary N) is 1. The SMILES string of the molecule is CCOC(=O)c1nn(-c2ccc(C(F)(F)F)cc2)c(=O)c2c(NC(=O)CCC3CCCC3)scc12. The van der Waals surface area contributed by atoms with E-state index in [1.807, 2.05) is 0 Å². The molecule has 7 nitrogen and oxygen atoms in total. The molecule has 186 valence electrons. The van der Waals surface area contributed by atoms with Crippen molar-refractivity contribution in [1.82, 2.24) is 9.78 Å². The van der Waals surface area contributed by atoms with Gasteiger partial charge in [-0.3, -0.25) is 9.59 Å². The molecule has 1 aromatic carbocycles. The van der Waals surface area contributed by atoms with E-state index in [0.29, 0.717) is 12.3 Å². The summed E-state index contributed by atoms with van der Waals surface area (Å²) in [5, 5.41) is 8.95. The van der Waals surface area contributed by atoms with Crippen LogP contribution in [-0.4, -0.2) is 28.3 Å². The number of esters is 1. The van der Waals surface area contributed by atoms with Gasteiger partial charge in [-0.05, 0) is 43.5 Å². The summed E-state index contributed by atoms with van der Waals surface area (Å²) < 4.78 is 44.8. The number of aromatic nitrogens is 2. The van der Waals surface area contributed by atoms with E-state index < -0.39 is 23.3 Å². The number of carbonyl (C=O) groups is 2. The molecule has 4 rings (SSSR count). The summed E-state index contributed by atoms with van der Waals surface area (Å²) in [5.41, 5.74) is -1.67. The fourth-order valence-corrected chi connectivity index (χ4v) is 5.23. The Bertz CT molecular complexity index is 1290. The van der Waals surface area contributed by atoms with Crippen molar-refractivity contribution in [2.75, 3.05) is 11.9 Å². The number of carbonyl (C=O) groups excluding carboxylic acids is 2. The minimum atomic E-state index is -4.54. The number of hydrogen-bond acceptors (Lipinski definition) is 6. The maximum atomic E-state index is 13.4. The smallest absolute Gasteiger partial charge is 0.416 e. The Morgan fingerprint density at radius 3 is 2.51 bits per heavy atom. The predicted molar refractivity (Wildman–Crippen MR) is 126 cm³/mol. The molecule has 2 aromatic heterocycles. The lowest BCUT2D eigenvalue weighted by molar-refractivity contribution is -0.137. The molecule has 1 aliphatic rings. The first-order chi connectivity index (χ1) is 16.7. The van der Waals surface area contributed by atoms with Crippen molar-refractivity contribution in [1.29, 1.82) is 0 Å². The summed E-state index contributed by atoms with van der Waals surface area (Å²) in [6, 6.07) is 3.86. The summed E-state index contributed by atoms with van der Waals surface area (Å²) in [7, 11) is 0. The highest BCUT2D eigenvalue weighted by atomic mass is 32.1. The highest BCUT2D eigenvalue weighted by Gasteiger charge is 2.30. The number of nitrogens with zero attached hydrogens (tertiary/aromatic N) is 2. The molecule has 1 fully saturated rings. The van der Waals surface area contributed by atoms with E-state index in [-0.39, 0.29) is 39.7 Å². The molecule has 0 radical (unpaired) electrons. The van der Waals surface area contributed by atoms with E-state index in [2.05, 4.69) is 10.4 Å². The van der Waals surface area contributed by atoms with Crippen molar-refractivity contribution in [3.63, 3.8) is 0 Å². The largest absolute Gasteiger partial charge is 0.461 e. The molecule has 2 heterocycles. The highest BCUT2D eigenvalue weighted by Crippen LogP contribution is 2.33. The number of hydrogen-bond donors (Lipinski definition) is 1. The zero-order valence-electron chi connectivity index (χ0n) is 19.0. The molecule has 0 saturated heterocycles. The van der Waals surface area contributed by atoms with Gasteiger partial charge in [0.05, 0.1) is 23.2 Å². The third kappa shape index (κ3) is 5.39. The molecule has 3 aromatic rings. The minimum absolute atomic E-state index is 0.0418. The lowest BCUT2D eigenvalue weighted by Crippen LogP contribution is -2.25. The number of benzene rings is 1. The third-order valence-electron chi connectivity index (χ3n) is 6.07. The second-order valence-corrected chi connectivity index (χ2v) is 9.30. The molecule has 0 spiro atoms. The Morgan fingerprint density at radius 2 is 1.89 bits per heavy atom. The van der Waals surface area contributed by atoms with Gasteiger partial charge in [-0.25, -0.2) is 4.79 Å². The first-order valence-electron chi connectivity index (χ1n) is 11.4. The molecule has 1 aliphatic carbocycles. The summed E-state index contributed by atoms with van der Waals surface area (Å²) >= 11 is 1.08. The lowest BCUT2D eigenvalue weighted by Gasteiger charge is -2.12. The Labute approximate surface area is 202 Å². The van der Waals surface area contributed by atoms with Crippen LogP contribution in [0.4, 0.5) is 18.2 Å². The number of thiophene rings is 1. The maximum absolute atomic E-state index is 13.4. The number of halogens is 3. The molecule has 1 amide bonds. The van der Waals surface area contributed by atoms with Crippen LogP contribution in [0.2, 0.25) is 0 Å². The van der Waals surface area contributed by atoms with Crippen LogP contribution < -0.4 is 10.9 Å². The Kier molecular flexibility index (Phi) is 7.25. The number of ether oxygens (including phenoxy) is 1. The quantitative estimate of drug-likeness (QED) is 0.424. The number of fused-ring (bicyclic) bond motifs is 1. The molecule has 0 aliphatic heterocycles. The number of alkyl halides is 3. The molecule has 0 atom stereocenters. The molecule has 0 unspecified atom stereocenters. The van der Waals surface area contributed by atoms with Gasteiger partial charge in [0.2, 0.25) is 5.91 Å². The van der Waals surface area contributed by atoms with Crippen molar-refractivity contribution < 1.29 is 27.5 Å². The molecular weight excluding hydrogens is 483 g/mol. The van der Waals surface area contributed by atoms with E-state index in [0.717, 1.165) is 59.5 Å². The summed E-state index contributed by atoms with van der Waals surface area (Å²) in [6.07, 6.45) is 1.11. The topological polar surface area (TPSA) is 90.3 Å². The lowest BCUT2D eigenvalue weighted by atomic mass is 10.0. The molecule has 11 heteroatoms. The van der Waals surface area contributed by atoms with Crippen molar-refractivity contribution >= 4 is 39.0 Å². The van der Waals surface area contributed by atoms with Gasteiger partial charge in [-0.1, -0.05) is 25.7 Å². The Morgan fingerprint density at radius 1 is 1.20 bits per heavy atom. The van der Waals surface area contributed by atoms with Crippen LogP contribution in [-0.2, 0) is 15.7 Å². The fourth-order valence-electron chi connectivity index (χ4n) is 4.28. The normalized spacial score (nSPS) is 14.4. The average Bonchev–Trinajstić information content (AvgIpc) is 3.48. The summed E-state index contributed by atoms with van der Waals surface area (Å²) in [6.45, 7) is 1.68. The van der Waals surface area contributed by atoms with Gasteiger partial charge >= 0.3 is 12.1 Å². The average molecular weight is 508 g/mol. The van der Waals surface area contributed by atoms with Crippen LogP contribution in [0.25, 0.3) is 16.5 Å². The fraction of sp³-hybridized carbons (Fsp3) is 0.417. The molecular formula is C24H24F3N3O4S. The van der Waals surface area contributed by atoms with Gasteiger partial charge < -0.3 is 10.1 Å². The number of anilines is 1. The van der Waals surface area contributed by atoms with Gasteiger partial charge in [0.25, 0.3) is 5.56 Å². The second kappa shape index (κ2) is 10.2. The summed E-state index contributed by atoms with van der Waals surface area (Å²) in [4.78, 5) is 38.5. The van der Waals surface area contributed by atoms with Gasteiger partial charge in [-0.15, -0.1) is 11.3 Å². The molecule has 1 saturated carbocycles. The Hall–Kier alpha value is -3.21. The predicted octanol–water partition coefficient (Wildman–Crippen LogP) is 5.55. The first-order valence-corrected chi connectivity index (χ1v) is 12.3. The van der Waals surface area contributed by atoms with Crippen LogP contribution in [0.15, 0.2) is 34.4 Å². The first kappa shape index (κ1) is 24.9. The molecule has 0 bridgehead atoms. The zero-order chi connectivity index (χ0) is 25.2. The third-order valence-corrected chi connectivity index (χ3v) is 6.96. The standard InChI is InChI=1S/C24H24F3N3O4S/c1-2-34-23(33)20-17-13-35-21(28-18(31)12-7-14-5-3-4-6-14)19(17)22(32)30(29-20)16-10-8-15(9-11-16)24(25,26)27/h8-11,13-14H,2-7,12H2,1H3,(H,28,31). The minimum Gasteiger partial charge on any atom is -0.461 e. The number of amides is 1. The van der Waals surface area contributed by atoms with E-state index in [9.17, 15) is 27.6 Å². The maximum Gasteiger partial charge on any atom is 0.416 e.